The van der Waals surface area contributed by atoms with Crippen LogP contribution in [0.3, 0.4) is 0 Å². The molecule has 0 atom stereocenters. The van der Waals surface area contributed by atoms with Crippen LogP contribution >= 0.6 is 0 Å². The number of nitriles is 1. The zero-order valence-corrected chi connectivity index (χ0v) is 10.6. The number of aryl methyl sites for hydroxylation is 1. The van der Waals surface area contributed by atoms with Gasteiger partial charge in [-0.25, -0.2) is 0 Å². The van der Waals surface area contributed by atoms with E-state index in [0.29, 0.717) is 19.6 Å². The minimum Gasteiger partial charge on any atom is -0.336 e. The predicted molar refractivity (Wildman–Crippen MR) is 69.1 cm³/mol. The van der Waals surface area contributed by atoms with E-state index >= 15 is 0 Å². The molecule has 1 fully saturated rings. The Kier molecular flexibility index (Phi) is 3.96. The van der Waals surface area contributed by atoms with E-state index in [-0.39, 0.29) is 5.91 Å². The number of hydrogen-bond acceptors (Lipinski definition) is 3. The first kappa shape index (κ1) is 12.6. The van der Waals surface area contributed by atoms with Gasteiger partial charge in [-0.05, 0) is 19.1 Å². The highest BCUT2D eigenvalue weighted by Gasteiger charge is 2.21. The van der Waals surface area contributed by atoms with Crippen LogP contribution in [0.1, 0.15) is 15.9 Å². The molecule has 4 heteroatoms. The first-order chi connectivity index (χ1) is 8.70. The van der Waals surface area contributed by atoms with Crippen LogP contribution in [0.4, 0.5) is 0 Å². The third kappa shape index (κ3) is 2.88. The topological polar surface area (TPSA) is 47.3 Å². The zero-order chi connectivity index (χ0) is 13.0. The van der Waals surface area contributed by atoms with Crippen molar-refractivity contribution in [2.45, 2.75) is 6.92 Å². The summed E-state index contributed by atoms with van der Waals surface area (Å²) in [6.07, 6.45) is 0. The lowest BCUT2D eigenvalue weighted by Gasteiger charge is -2.33. The molecule has 2 rings (SSSR count). The number of carbonyl (C=O) groups is 1. The number of piperazine rings is 1. The Balaban J connectivity index is 1.98. The average Bonchev–Trinajstić information content (AvgIpc) is 2.39. The van der Waals surface area contributed by atoms with Crippen LogP contribution < -0.4 is 0 Å². The Morgan fingerprint density at radius 3 is 2.67 bits per heavy atom. The number of carbonyl (C=O) groups excluding carboxylic acids is 1. The fourth-order valence-electron chi connectivity index (χ4n) is 2.17. The van der Waals surface area contributed by atoms with Crippen molar-refractivity contribution in [3.8, 4) is 6.07 Å². The summed E-state index contributed by atoms with van der Waals surface area (Å²) in [5.74, 6) is 0.0929. The molecule has 94 valence electrons. The highest BCUT2D eigenvalue weighted by molar-refractivity contribution is 5.94. The van der Waals surface area contributed by atoms with Crippen molar-refractivity contribution in [3.05, 3.63) is 35.4 Å². The summed E-state index contributed by atoms with van der Waals surface area (Å²) in [4.78, 5) is 16.2. The summed E-state index contributed by atoms with van der Waals surface area (Å²) >= 11 is 0. The van der Waals surface area contributed by atoms with Gasteiger partial charge in [0.05, 0.1) is 12.6 Å². The molecule has 18 heavy (non-hydrogen) atoms. The van der Waals surface area contributed by atoms with Gasteiger partial charge in [0, 0.05) is 31.7 Å². The van der Waals surface area contributed by atoms with Crippen LogP contribution in [0.15, 0.2) is 24.3 Å². The molecule has 0 aliphatic carbocycles. The number of nitrogens with zero attached hydrogens (tertiary/aromatic N) is 3. The maximum atomic E-state index is 12.3. The Morgan fingerprint density at radius 1 is 1.33 bits per heavy atom. The van der Waals surface area contributed by atoms with Gasteiger partial charge in [0.1, 0.15) is 0 Å². The van der Waals surface area contributed by atoms with E-state index in [4.69, 9.17) is 5.26 Å². The van der Waals surface area contributed by atoms with E-state index in [1.165, 1.54) is 0 Å². The van der Waals surface area contributed by atoms with Gasteiger partial charge in [0.15, 0.2) is 0 Å². The summed E-state index contributed by atoms with van der Waals surface area (Å²) < 4.78 is 0. The molecule has 1 heterocycles. The molecule has 0 unspecified atom stereocenters. The molecule has 0 bridgehead atoms. The second-order valence-electron chi connectivity index (χ2n) is 4.60. The first-order valence-electron chi connectivity index (χ1n) is 6.16. The van der Waals surface area contributed by atoms with Crippen LogP contribution in [0.2, 0.25) is 0 Å². The van der Waals surface area contributed by atoms with Crippen LogP contribution in [0.5, 0.6) is 0 Å². The summed E-state index contributed by atoms with van der Waals surface area (Å²) in [6.45, 7) is 5.41. The van der Waals surface area contributed by atoms with Crippen molar-refractivity contribution in [2.75, 3.05) is 32.7 Å². The average molecular weight is 243 g/mol. The van der Waals surface area contributed by atoms with Crippen molar-refractivity contribution >= 4 is 5.91 Å². The quantitative estimate of drug-likeness (QED) is 0.735. The molecule has 1 amide bonds. The van der Waals surface area contributed by atoms with Crippen molar-refractivity contribution in [2.24, 2.45) is 0 Å². The molecule has 0 saturated carbocycles. The molecule has 0 N–H and O–H groups in total. The van der Waals surface area contributed by atoms with Gasteiger partial charge in [-0.3, -0.25) is 9.69 Å². The standard InChI is InChI=1S/C14H17N3O/c1-12-3-2-4-13(11-12)14(18)17-9-7-16(6-5-15)8-10-17/h2-4,11H,6-10H2,1H3. The predicted octanol–water partition coefficient (Wildman–Crippen LogP) is 1.28. The second-order valence-corrected chi connectivity index (χ2v) is 4.60. The zero-order valence-electron chi connectivity index (χ0n) is 10.6. The fraction of sp³-hybridized carbons (Fsp3) is 0.429. The molecule has 4 nitrogen and oxygen atoms in total. The molecular formula is C14H17N3O. The highest BCUT2D eigenvalue weighted by Crippen LogP contribution is 2.10. The number of rotatable bonds is 2. The molecule has 1 aromatic rings. The summed E-state index contributed by atoms with van der Waals surface area (Å²) in [5.41, 5.74) is 1.85. The molecule has 1 aliphatic heterocycles. The maximum Gasteiger partial charge on any atom is 0.253 e. The summed E-state index contributed by atoms with van der Waals surface area (Å²) in [7, 11) is 0. The number of benzene rings is 1. The van der Waals surface area contributed by atoms with Gasteiger partial charge < -0.3 is 4.90 Å². The minimum absolute atomic E-state index is 0.0929. The largest absolute Gasteiger partial charge is 0.336 e. The number of hydrogen-bond donors (Lipinski definition) is 0. The molecule has 0 aromatic heterocycles. The van der Waals surface area contributed by atoms with E-state index in [1.807, 2.05) is 36.1 Å². The third-order valence-electron chi connectivity index (χ3n) is 3.22. The lowest BCUT2D eigenvalue weighted by atomic mass is 10.1. The monoisotopic (exact) mass is 243 g/mol. The number of amides is 1. The highest BCUT2D eigenvalue weighted by atomic mass is 16.2. The van der Waals surface area contributed by atoms with Crippen molar-refractivity contribution in [1.82, 2.24) is 9.80 Å². The van der Waals surface area contributed by atoms with E-state index in [1.54, 1.807) is 0 Å². The molecule has 1 aliphatic rings. The van der Waals surface area contributed by atoms with Crippen molar-refractivity contribution in [3.63, 3.8) is 0 Å². The van der Waals surface area contributed by atoms with E-state index in [2.05, 4.69) is 11.0 Å². The van der Waals surface area contributed by atoms with Crippen LogP contribution in [0.25, 0.3) is 0 Å². The Labute approximate surface area is 107 Å². The minimum atomic E-state index is 0.0929. The van der Waals surface area contributed by atoms with E-state index in [0.717, 1.165) is 24.2 Å². The first-order valence-corrected chi connectivity index (χ1v) is 6.16. The van der Waals surface area contributed by atoms with Crippen LogP contribution in [-0.2, 0) is 0 Å². The Bertz CT molecular complexity index is 470. The lowest BCUT2D eigenvalue weighted by molar-refractivity contribution is 0.0651. The van der Waals surface area contributed by atoms with Gasteiger partial charge >= 0.3 is 0 Å². The summed E-state index contributed by atoms with van der Waals surface area (Å²) in [6, 6.07) is 9.82. The van der Waals surface area contributed by atoms with E-state index in [9.17, 15) is 4.79 Å². The van der Waals surface area contributed by atoms with Crippen molar-refractivity contribution < 1.29 is 4.79 Å². The summed E-state index contributed by atoms with van der Waals surface area (Å²) in [5, 5.41) is 8.63. The molecule has 0 radical (unpaired) electrons. The van der Waals surface area contributed by atoms with Gasteiger partial charge in [-0.2, -0.15) is 5.26 Å². The SMILES string of the molecule is Cc1cccc(C(=O)N2CCN(CC#N)CC2)c1. The lowest BCUT2D eigenvalue weighted by Crippen LogP contribution is -2.48. The molecule has 1 aromatic carbocycles. The van der Waals surface area contributed by atoms with Gasteiger partial charge in [-0.1, -0.05) is 17.7 Å². The van der Waals surface area contributed by atoms with Crippen molar-refractivity contribution in [1.29, 1.82) is 5.26 Å². The van der Waals surface area contributed by atoms with Gasteiger partial charge in [0.25, 0.3) is 5.91 Å². The Morgan fingerprint density at radius 2 is 2.06 bits per heavy atom. The fourth-order valence-corrected chi connectivity index (χ4v) is 2.17. The van der Waals surface area contributed by atoms with Crippen LogP contribution in [-0.4, -0.2) is 48.4 Å². The molecule has 0 spiro atoms. The third-order valence-corrected chi connectivity index (χ3v) is 3.22. The van der Waals surface area contributed by atoms with Gasteiger partial charge in [0.2, 0.25) is 0 Å². The van der Waals surface area contributed by atoms with Gasteiger partial charge in [-0.15, -0.1) is 0 Å². The van der Waals surface area contributed by atoms with E-state index < -0.39 is 0 Å². The van der Waals surface area contributed by atoms with Crippen LogP contribution in [0, 0.1) is 18.3 Å². The maximum absolute atomic E-state index is 12.3. The Hall–Kier alpha value is -1.86. The normalized spacial score (nSPS) is 16.3. The molecular weight excluding hydrogens is 226 g/mol. The second kappa shape index (κ2) is 5.65. The molecule has 1 saturated heterocycles. The smallest absolute Gasteiger partial charge is 0.253 e.